The summed E-state index contributed by atoms with van der Waals surface area (Å²) in [6, 6.07) is 7.11. The molecule has 1 saturated heterocycles. The molecule has 1 aliphatic rings. The highest BCUT2D eigenvalue weighted by atomic mass is 32.2. The van der Waals surface area contributed by atoms with E-state index >= 15 is 0 Å². The molecule has 1 aliphatic heterocycles. The van der Waals surface area contributed by atoms with E-state index < -0.39 is 10.0 Å². The monoisotopic (exact) mass is 284 g/mol. The minimum Gasteiger partial charge on any atom is -0.497 e. The molecule has 1 aromatic rings. The van der Waals surface area contributed by atoms with Gasteiger partial charge in [-0.05, 0) is 30.5 Å². The zero-order valence-corrected chi connectivity index (χ0v) is 11.9. The van der Waals surface area contributed by atoms with Crippen molar-refractivity contribution in [2.75, 3.05) is 20.2 Å². The van der Waals surface area contributed by atoms with Crippen LogP contribution in [0.1, 0.15) is 18.4 Å². The lowest BCUT2D eigenvalue weighted by molar-refractivity contribution is 0.392. The molecule has 0 aliphatic carbocycles. The van der Waals surface area contributed by atoms with Crippen molar-refractivity contribution in [1.82, 2.24) is 4.31 Å². The topological polar surface area (TPSA) is 72.6 Å². The average molecular weight is 284 g/mol. The molecule has 1 atom stereocenters. The maximum atomic E-state index is 12.4. The van der Waals surface area contributed by atoms with Crippen LogP contribution in [0.5, 0.6) is 5.75 Å². The molecule has 1 unspecified atom stereocenters. The van der Waals surface area contributed by atoms with Gasteiger partial charge >= 0.3 is 0 Å². The molecule has 0 amide bonds. The van der Waals surface area contributed by atoms with Gasteiger partial charge in [-0.25, -0.2) is 8.42 Å². The minimum absolute atomic E-state index is 0.000694. The number of hydrogen-bond donors (Lipinski definition) is 1. The van der Waals surface area contributed by atoms with Crippen LogP contribution in [0, 0.1) is 0 Å². The summed E-state index contributed by atoms with van der Waals surface area (Å²) in [7, 11) is -1.73. The molecule has 0 spiro atoms. The normalized spacial score (nSPS) is 20.6. The van der Waals surface area contributed by atoms with Crippen LogP contribution in [0.4, 0.5) is 0 Å². The summed E-state index contributed by atoms with van der Waals surface area (Å²) >= 11 is 0. The van der Waals surface area contributed by atoms with Crippen molar-refractivity contribution in [1.29, 1.82) is 0 Å². The second-order valence-corrected chi connectivity index (χ2v) is 6.67. The second kappa shape index (κ2) is 5.90. The number of sulfonamides is 1. The van der Waals surface area contributed by atoms with Crippen LogP contribution in [0.15, 0.2) is 24.3 Å². The summed E-state index contributed by atoms with van der Waals surface area (Å²) in [6.07, 6.45) is 1.74. The third kappa shape index (κ3) is 3.26. The van der Waals surface area contributed by atoms with E-state index in [1.54, 1.807) is 35.7 Å². The number of hydrogen-bond acceptors (Lipinski definition) is 4. The van der Waals surface area contributed by atoms with Crippen LogP contribution in [-0.2, 0) is 15.8 Å². The van der Waals surface area contributed by atoms with Crippen LogP contribution < -0.4 is 10.5 Å². The van der Waals surface area contributed by atoms with E-state index in [9.17, 15) is 8.42 Å². The van der Waals surface area contributed by atoms with E-state index in [4.69, 9.17) is 10.5 Å². The number of ether oxygens (including phenoxy) is 1. The van der Waals surface area contributed by atoms with Crippen LogP contribution >= 0.6 is 0 Å². The van der Waals surface area contributed by atoms with Crippen LogP contribution in [-0.4, -0.2) is 39.0 Å². The Morgan fingerprint density at radius 3 is 2.95 bits per heavy atom. The van der Waals surface area contributed by atoms with E-state index in [0.717, 1.165) is 18.4 Å². The molecular formula is C13H20N2O3S. The Hall–Kier alpha value is -1.11. The predicted molar refractivity (Wildman–Crippen MR) is 74.4 cm³/mol. The molecule has 2 N–H and O–H groups in total. The quantitative estimate of drug-likeness (QED) is 0.873. The van der Waals surface area contributed by atoms with Gasteiger partial charge in [0.1, 0.15) is 5.75 Å². The minimum atomic E-state index is -3.30. The second-order valence-electron chi connectivity index (χ2n) is 4.75. The fourth-order valence-corrected chi connectivity index (χ4v) is 4.29. The van der Waals surface area contributed by atoms with Gasteiger partial charge in [0.25, 0.3) is 0 Å². The van der Waals surface area contributed by atoms with E-state index in [1.165, 1.54) is 0 Å². The third-order valence-electron chi connectivity index (χ3n) is 3.44. The fourth-order valence-electron chi connectivity index (χ4n) is 2.47. The van der Waals surface area contributed by atoms with Gasteiger partial charge in [0.05, 0.1) is 12.9 Å². The van der Waals surface area contributed by atoms with Crippen LogP contribution in [0.3, 0.4) is 0 Å². The molecule has 5 nitrogen and oxygen atoms in total. The summed E-state index contributed by atoms with van der Waals surface area (Å²) in [4.78, 5) is 0. The molecule has 6 heteroatoms. The Bertz CT molecular complexity index is 530. The Kier molecular flexibility index (Phi) is 4.44. The smallest absolute Gasteiger partial charge is 0.218 e. The standard InChI is InChI=1S/C13H20N2O3S/c1-18-13-6-2-4-11(8-13)10-19(16,17)15-7-3-5-12(15)9-14/h2,4,6,8,12H,3,5,7,9-10,14H2,1H3. The lowest BCUT2D eigenvalue weighted by atomic mass is 10.2. The van der Waals surface area contributed by atoms with Crippen molar-refractivity contribution < 1.29 is 13.2 Å². The first-order chi connectivity index (χ1) is 9.06. The SMILES string of the molecule is COc1cccc(CS(=O)(=O)N2CCCC2CN)c1. The van der Waals surface area contributed by atoms with Crippen LogP contribution in [0.25, 0.3) is 0 Å². The van der Waals surface area contributed by atoms with Gasteiger partial charge in [-0.3, -0.25) is 0 Å². The maximum absolute atomic E-state index is 12.4. The highest BCUT2D eigenvalue weighted by molar-refractivity contribution is 7.88. The Balaban J connectivity index is 2.16. The van der Waals surface area contributed by atoms with Gasteiger partial charge in [-0.1, -0.05) is 12.1 Å². The highest BCUT2D eigenvalue weighted by Gasteiger charge is 2.33. The lowest BCUT2D eigenvalue weighted by Gasteiger charge is -2.22. The Morgan fingerprint density at radius 1 is 1.47 bits per heavy atom. The van der Waals surface area contributed by atoms with Gasteiger partial charge < -0.3 is 10.5 Å². The van der Waals surface area contributed by atoms with E-state index in [2.05, 4.69) is 0 Å². The number of rotatable bonds is 5. The predicted octanol–water partition coefficient (Wildman–Crippen LogP) is 0.948. The summed E-state index contributed by atoms with van der Waals surface area (Å²) in [5.74, 6) is 0.672. The van der Waals surface area contributed by atoms with Crippen molar-refractivity contribution in [3.8, 4) is 5.75 Å². The van der Waals surface area contributed by atoms with Gasteiger partial charge in [-0.2, -0.15) is 4.31 Å². The Labute approximate surface area is 114 Å². The van der Waals surface area contributed by atoms with Crippen molar-refractivity contribution in [2.45, 2.75) is 24.6 Å². The van der Waals surface area contributed by atoms with Crippen molar-refractivity contribution >= 4 is 10.0 Å². The van der Waals surface area contributed by atoms with E-state index in [1.807, 2.05) is 0 Å². The Morgan fingerprint density at radius 2 is 2.26 bits per heavy atom. The first-order valence-corrected chi connectivity index (χ1v) is 8.00. The molecule has 106 valence electrons. The summed E-state index contributed by atoms with van der Waals surface area (Å²) in [6.45, 7) is 0.964. The molecule has 1 fully saturated rings. The molecule has 0 saturated carbocycles. The summed E-state index contributed by atoms with van der Waals surface area (Å²) < 4.78 is 31.5. The van der Waals surface area contributed by atoms with Crippen molar-refractivity contribution in [3.05, 3.63) is 29.8 Å². The van der Waals surface area contributed by atoms with Crippen molar-refractivity contribution in [3.63, 3.8) is 0 Å². The molecular weight excluding hydrogens is 264 g/mol. The van der Waals surface area contributed by atoms with Crippen LogP contribution in [0.2, 0.25) is 0 Å². The van der Waals surface area contributed by atoms with E-state index in [-0.39, 0.29) is 11.8 Å². The van der Waals surface area contributed by atoms with Crippen molar-refractivity contribution in [2.24, 2.45) is 5.73 Å². The lowest BCUT2D eigenvalue weighted by Crippen LogP contribution is -2.40. The van der Waals surface area contributed by atoms with E-state index in [0.29, 0.717) is 18.8 Å². The largest absolute Gasteiger partial charge is 0.497 e. The fraction of sp³-hybridized carbons (Fsp3) is 0.538. The molecule has 0 radical (unpaired) electrons. The first kappa shape index (κ1) is 14.3. The molecule has 19 heavy (non-hydrogen) atoms. The highest BCUT2D eigenvalue weighted by Crippen LogP contribution is 2.23. The van der Waals surface area contributed by atoms with Gasteiger partial charge in [0.2, 0.25) is 10.0 Å². The molecule has 1 aromatic carbocycles. The zero-order valence-electron chi connectivity index (χ0n) is 11.1. The van der Waals surface area contributed by atoms with Gasteiger partial charge in [0.15, 0.2) is 0 Å². The van der Waals surface area contributed by atoms with Gasteiger partial charge in [-0.15, -0.1) is 0 Å². The number of nitrogens with two attached hydrogens (primary N) is 1. The first-order valence-electron chi connectivity index (χ1n) is 6.39. The molecule has 0 aromatic heterocycles. The molecule has 1 heterocycles. The summed E-state index contributed by atoms with van der Waals surface area (Å²) in [5.41, 5.74) is 6.37. The average Bonchev–Trinajstić information content (AvgIpc) is 2.87. The van der Waals surface area contributed by atoms with Gasteiger partial charge in [0, 0.05) is 19.1 Å². The summed E-state index contributed by atoms with van der Waals surface area (Å²) in [5, 5.41) is 0. The third-order valence-corrected chi connectivity index (χ3v) is 5.33. The molecule has 2 rings (SSSR count). The number of benzene rings is 1. The number of methoxy groups -OCH3 is 1. The number of nitrogens with zero attached hydrogens (tertiary/aromatic N) is 1. The zero-order chi connectivity index (χ0) is 13.9. The maximum Gasteiger partial charge on any atom is 0.218 e. The molecule has 0 bridgehead atoms.